The lowest BCUT2D eigenvalue weighted by Gasteiger charge is -2.43. The minimum atomic E-state index is -4.70. The summed E-state index contributed by atoms with van der Waals surface area (Å²) in [6.45, 7) is 5.28. The first kappa shape index (κ1) is 25.6. The number of nitrogens with zero attached hydrogens (tertiary/aromatic N) is 3. The second-order valence-corrected chi connectivity index (χ2v) is 10.6. The number of amides is 1. The van der Waals surface area contributed by atoms with E-state index in [4.69, 9.17) is 11.6 Å². The Kier molecular flexibility index (Phi) is 6.68. The number of fused-ring (bicyclic) bond motifs is 1. The number of likely N-dealkylation sites (N-methyl/N-ethyl adjacent to an activating group) is 1. The Balaban J connectivity index is 1.43. The first-order valence-electron chi connectivity index (χ1n) is 11.7. The van der Waals surface area contributed by atoms with Crippen molar-refractivity contribution >= 4 is 51.3 Å². The van der Waals surface area contributed by atoms with Gasteiger partial charge in [-0.1, -0.05) is 11.6 Å². The van der Waals surface area contributed by atoms with Crippen LogP contribution in [-0.2, 0) is 6.18 Å². The number of carbonyl (C=O) groups is 1. The number of nitrogens with one attached hydrogen (secondary N) is 2. The number of alkyl halides is 3. The molecule has 1 aliphatic heterocycles. The van der Waals surface area contributed by atoms with Crippen LogP contribution >= 0.6 is 22.9 Å². The third-order valence-corrected chi connectivity index (χ3v) is 7.94. The van der Waals surface area contributed by atoms with Crippen molar-refractivity contribution in [1.29, 1.82) is 0 Å². The second kappa shape index (κ2) is 9.66. The summed E-state index contributed by atoms with van der Waals surface area (Å²) in [6.07, 6.45) is -4.70. The molecular formula is C26H25ClF3N5OS. The summed E-state index contributed by atoms with van der Waals surface area (Å²) in [5, 5.41) is 6.80. The van der Waals surface area contributed by atoms with Crippen molar-refractivity contribution in [2.24, 2.45) is 0 Å². The molecule has 5 rings (SSSR count). The maximum atomic E-state index is 14.1. The highest BCUT2D eigenvalue weighted by Crippen LogP contribution is 2.36. The van der Waals surface area contributed by atoms with Crippen LogP contribution in [0.3, 0.4) is 0 Å². The standard InChI is InChI=1S/C26H25ClF3N5OS/c1-14-10-35(11-15(2)34(14)3)17-5-6-18(20(9-17)26(28,29)30)25(36)31-16-4-7-21(27)19(8-16)24-32-22-12-37-13-23(22)33-24/h4-9,12-15H,10-11H2,1-3H3,(H,31,36)(H,32,33)/t14-,15+. The highest BCUT2D eigenvalue weighted by atomic mass is 35.5. The molecule has 2 atom stereocenters. The molecule has 0 radical (unpaired) electrons. The fourth-order valence-electron chi connectivity index (χ4n) is 4.63. The minimum absolute atomic E-state index is 0.185. The Morgan fingerprint density at radius 1 is 1.14 bits per heavy atom. The van der Waals surface area contributed by atoms with Gasteiger partial charge in [-0.3, -0.25) is 9.69 Å². The molecule has 2 aromatic heterocycles. The monoisotopic (exact) mass is 547 g/mol. The van der Waals surface area contributed by atoms with Crippen LogP contribution in [0.15, 0.2) is 47.2 Å². The molecule has 0 saturated carbocycles. The lowest BCUT2D eigenvalue weighted by Crippen LogP contribution is -2.55. The van der Waals surface area contributed by atoms with Gasteiger partial charge in [0.25, 0.3) is 5.91 Å². The molecule has 11 heteroatoms. The van der Waals surface area contributed by atoms with E-state index in [-0.39, 0.29) is 12.1 Å². The van der Waals surface area contributed by atoms with Crippen molar-refractivity contribution in [3.8, 4) is 11.4 Å². The molecule has 1 fully saturated rings. The van der Waals surface area contributed by atoms with Crippen molar-refractivity contribution in [3.63, 3.8) is 0 Å². The number of aromatic amines is 1. The number of rotatable bonds is 4. The van der Waals surface area contributed by atoms with Gasteiger partial charge in [-0.05, 0) is 57.3 Å². The molecule has 6 nitrogen and oxygen atoms in total. The van der Waals surface area contributed by atoms with Crippen molar-refractivity contribution in [1.82, 2.24) is 14.9 Å². The molecule has 2 aromatic carbocycles. The van der Waals surface area contributed by atoms with E-state index in [1.807, 2.05) is 36.6 Å². The maximum Gasteiger partial charge on any atom is 0.417 e. The molecule has 1 aliphatic rings. The number of halogens is 4. The number of hydrogen-bond donors (Lipinski definition) is 2. The lowest BCUT2D eigenvalue weighted by atomic mass is 10.0. The smallest absolute Gasteiger partial charge is 0.368 e. The van der Waals surface area contributed by atoms with Crippen LogP contribution in [0.25, 0.3) is 22.4 Å². The third kappa shape index (κ3) is 5.05. The van der Waals surface area contributed by atoms with Crippen LogP contribution in [0.2, 0.25) is 5.02 Å². The molecular weight excluding hydrogens is 523 g/mol. The quantitative estimate of drug-likeness (QED) is 0.297. The molecule has 0 aliphatic carbocycles. The Hall–Kier alpha value is -3.08. The highest BCUT2D eigenvalue weighted by Gasteiger charge is 2.37. The summed E-state index contributed by atoms with van der Waals surface area (Å²) < 4.78 is 42.3. The SMILES string of the molecule is C[C@@H]1CN(c2ccc(C(=O)Nc3ccc(Cl)c(-c4nc5cscc5[nH]4)c3)c(C(F)(F)F)c2)C[C@H](C)N1C. The van der Waals surface area contributed by atoms with Gasteiger partial charge in [0.05, 0.1) is 27.2 Å². The highest BCUT2D eigenvalue weighted by molar-refractivity contribution is 7.09. The molecule has 1 saturated heterocycles. The van der Waals surface area contributed by atoms with E-state index in [1.54, 1.807) is 24.3 Å². The van der Waals surface area contributed by atoms with E-state index < -0.39 is 23.2 Å². The normalized spacial score (nSPS) is 18.9. The van der Waals surface area contributed by atoms with E-state index in [0.717, 1.165) is 17.1 Å². The largest absolute Gasteiger partial charge is 0.417 e. The van der Waals surface area contributed by atoms with Crippen LogP contribution in [0.5, 0.6) is 0 Å². The van der Waals surface area contributed by atoms with Crippen molar-refractivity contribution < 1.29 is 18.0 Å². The van der Waals surface area contributed by atoms with E-state index in [1.165, 1.54) is 17.4 Å². The van der Waals surface area contributed by atoms with Crippen molar-refractivity contribution in [3.05, 3.63) is 63.3 Å². The van der Waals surface area contributed by atoms with E-state index in [0.29, 0.717) is 40.9 Å². The number of piperazine rings is 1. The topological polar surface area (TPSA) is 64.3 Å². The first-order chi connectivity index (χ1) is 17.5. The second-order valence-electron chi connectivity index (χ2n) is 9.40. The summed E-state index contributed by atoms with van der Waals surface area (Å²) in [4.78, 5) is 24.9. The molecule has 37 heavy (non-hydrogen) atoms. The molecule has 4 aromatic rings. The van der Waals surface area contributed by atoms with Crippen LogP contribution in [0.1, 0.15) is 29.8 Å². The Morgan fingerprint density at radius 3 is 2.54 bits per heavy atom. The zero-order chi connectivity index (χ0) is 26.5. The molecule has 2 N–H and O–H groups in total. The van der Waals surface area contributed by atoms with Gasteiger partial charge >= 0.3 is 6.18 Å². The predicted molar refractivity (Wildman–Crippen MR) is 143 cm³/mol. The Labute approximate surface area is 221 Å². The summed E-state index contributed by atoms with van der Waals surface area (Å²) in [7, 11) is 2.01. The Morgan fingerprint density at radius 2 is 1.86 bits per heavy atom. The number of thiophene rings is 1. The number of aromatic nitrogens is 2. The minimum Gasteiger partial charge on any atom is -0.368 e. The van der Waals surface area contributed by atoms with Crippen molar-refractivity contribution in [2.45, 2.75) is 32.1 Å². The number of H-pyrrole nitrogens is 1. The van der Waals surface area contributed by atoms with Gasteiger partial charge in [-0.2, -0.15) is 13.2 Å². The van der Waals surface area contributed by atoms with E-state index in [2.05, 4.69) is 20.2 Å². The van der Waals surface area contributed by atoms with Gasteiger partial charge in [-0.15, -0.1) is 11.3 Å². The summed E-state index contributed by atoms with van der Waals surface area (Å²) in [6, 6.07) is 8.98. The van der Waals surface area contributed by atoms with Gasteiger partial charge in [-0.25, -0.2) is 4.98 Å². The summed E-state index contributed by atoms with van der Waals surface area (Å²) in [5.41, 5.74) is 1.51. The van der Waals surface area contributed by atoms with Crippen LogP contribution in [0, 0.1) is 0 Å². The first-order valence-corrected chi connectivity index (χ1v) is 13.0. The average molecular weight is 548 g/mol. The van der Waals surface area contributed by atoms with Gasteiger partial charge in [0, 0.05) is 52.9 Å². The van der Waals surface area contributed by atoms with E-state index in [9.17, 15) is 18.0 Å². The van der Waals surface area contributed by atoms with E-state index >= 15 is 0 Å². The zero-order valence-electron chi connectivity index (χ0n) is 20.4. The molecule has 1 amide bonds. The molecule has 0 spiro atoms. The maximum absolute atomic E-state index is 14.1. The molecule has 194 valence electrons. The van der Waals surface area contributed by atoms with Crippen LogP contribution in [-0.4, -0.2) is 53.0 Å². The number of carbonyl (C=O) groups excluding carboxylic acids is 1. The zero-order valence-corrected chi connectivity index (χ0v) is 21.9. The summed E-state index contributed by atoms with van der Waals surface area (Å²) in [5.74, 6) is -0.345. The number of imidazole rings is 1. The number of benzene rings is 2. The van der Waals surface area contributed by atoms with Gasteiger partial charge in [0.1, 0.15) is 5.82 Å². The number of hydrogen-bond acceptors (Lipinski definition) is 5. The van der Waals surface area contributed by atoms with Crippen LogP contribution < -0.4 is 10.2 Å². The average Bonchev–Trinajstić information content (AvgIpc) is 3.45. The fourth-order valence-corrected chi connectivity index (χ4v) is 5.53. The van der Waals surface area contributed by atoms with Gasteiger partial charge in [0.2, 0.25) is 0 Å². The molecule has 0 unspecified atom stereocenters. The predicted octanol–water partition coefficient (Wildman–Crippen LogP) is 6.74. The Bertz CT molecular complexity index is 1430. The third-order valence-electron chi connectivity index (χ3n) is 6.88. The number of anilines is 2. The van der Waals surface area contributed by atoms with Crippen LogP contribution in [0.4, 0.5) is 24.5 Å². The lowest BCUT2D eigenvalue weighted by molar-refractivity contribution is -0.137. The van der Waals surface area contributed by atoms with Gasteiger partial charge < -0.3 is 15.2 Å². The molecule has 3 heterocycles. The fraction of sp³-hybridized carbons (Fsp3) is 0.308. The van der Waals surface area contributed by atoms with Crippen molar-refractivity contribution in [2.75, 3.05) is 30.4 Å². The van der Waals surface area contributed by atoms with Gasteiger partial charge in [0.15, 0.2) is 0 Å². The summed E-state index contributed by atoms with van der Waals surface area (Å²) >= 11 is 7.87. The molecule has 0 bridgehead atoms.